The quantitative estimate of drug-likeness (QED) is 0.301. The fourth-order valence-electron chi connectivity index (χ4n) is 3.52. The van der Waals surface area contributed by atoms with E-state index >= 15 is 8.78 Å². The molecule has 0 radical (unpaired) electrons. The fourth-order valence-corrected chi connectivity index (χ4v) is 3.52. The van der Waals surface area contributed by atoms with Gasteiger partial charge in [-0.1, -0.05) is 0 Å². The Morgan fingerprint density at radius 3 is 1.00 bits per heavy atom. The average Bonchev–Trinajstić information content (AvgIpc) is 2.75. The molecule has 0 N–H and O–H groups in total. The number of halogens is 6. The second kappa shape index (κ2) is 8.16. The van der Waals surface area contributed by atoms with Crippen molar-refractivity contribution in [1.82, 2.24) is 9.97 Å². The molecular formula is C20H20F6N4. The lowest BCUT2D eigenvalue weighted by Crippen LogP contribution is -2.26. The minimum absolute atomic E-state index is 0.154. The number of hydrogen-bond acceptors (Lipinski definition) is 4. The number of benzene rings is 2. The lowest BCUT2D eigenvalue weighted by molar-refractivity contribution is 0.496. The van der Waals surface area contributed by atoms with Gasteiger partial charge in [0, 0.05) is 26.2 Å². The van der Waals surface area contributed by atoms with Crippen LogP contribution in [-0.2, 0) is 0 Å². The largest absolute Gasteiger partial charge is 0.367 e. The van der Waals surface area contributed by atoms with E-state index in [9.17, 15) is 17.6 Å². The molecule has 3 aromatic rings. The highest BCUT2D eigenvalue weighted by molar-refractivity contribution is 5.91. The highest BCUT2D eigenvalue weighted by Gasteiger charge is 2.30. The van der Waals surface area contributed by atoms with Crippen molar-refractivity contribution in [3.63, 3.8) is 0 Å². The van der Waals surface area contributed by atoms with E-state index in [1.165, 1.54) is 9.80 Å². The second-order valence-electron chi connectivity index (χ2n) is 6.54. The van der Waals surface area contributed by atoms with E-state index in [1.807, 2.05) is 0 Å². The van der Waals surface area contributed by atoms with Gasteiger partial charge in [0.25, 0.3) is 0 Å². The minimum Gasteiger partial charge on any atom is -0.367 e. The van der Waals surface area contributed by atoms with Crippen molar-refractivity contribution in [2.75, 3.05) is 36.0 Å². The minimum atomic E-state index is -1.55. The molecule has 30 heavy (non-hydrogen) atoms. The Labute approximate surface area is 169 Å². The smallest absolute Gasteiger partial charge is 0.189 e. The summed E-state index contributed by atoms with van der Waals surface area (Å²) >= 11 is 0. The maximum Gasteiger partial charge on any atom is 0.189 e. The molecule has 0 saturated carbocycles. The van der Waals surface area contributed by atoms with E-state index in [4.69, 9.17) is 0 Å². The van der Waals surface area contributed by atoms with Crippen molar-refractivity contribution >= 4 is 33.4 Å². The summed E-state index contributed by atoms with van der Waals surface area (Å²) in [4.78, 5) is 9.66. The Kier molecular flexibility index (Phi) is 5.96. The third kappa shape index (κ3) is 3.09. The van der Waals surface area contributed by atoms with Gasteiger partial charge in [-0.25, -0.2) is 36.3 Å². The zero-order chi connectivity index (χ0) is 22.3. The number of rotatable bonds is 6. The van der Waals surface area contributed by atoms with Crippen molar-refractivity contribution in [3.8, 4) is 0 Å². The standard InChI is InChI=1S/C20H20F6N4/c1-5-29(6-2)19-11(23)9(21)15-17(13(19)25)27-16-10(22)12(24)20(30(7-3)8-4)14(26)18(16)28-15/h5-8H2,1-4H3. The van der Waals surface area contributed by atoms with Crippen molar-refractivity contribution in [2.45, 2.75) is 27.7 Å². The molecule has 1 heterocycles. The first-order chi connectivity index (χ1) is 14.2. The molecule has 0 aliphatic carbocycles. The number of aromatic nitrogens is 2. The molecule has 0 saturated heterocycles. The van der Waals surface area contributed by atoms with Gasteiger partial charge in [0.15, 0.2) is 34.9 Å². The summed E-state index contributed by atoms with van der Waals surface area (Å²) in [7, 11) is 0. The lowest BCUT2D eigenvalue weighted by Gasteiger charge is -2.24. The zero-order valence-electron chi connectivity index (χ0n) is 16.9. The van der Waals surface area contributed by atoms with Crippen LogP contribution < -0.4 is 9.80 Å². The Hall–Kier alpha value is -2.78. The predicted octanol–water partition coefficient (Wildman–Crippen LogP) is 5.31. The maximum absolute atomic E-state index is 15.0. The van der Waals surface area contributed by atoms with Gasteiger partial charge in [-0.05, 0) is 27.7 Å². The summed E-state index contributed by atoms with van der Waals surface area (Å²) in [6.07, 6.45) is 0. The van der Waals surface area contributed by atoms with Crippen molar-refractivity contribution in [1.29, 1.82) is 0 Å². The first kappa shape index (κ1) is 21.9. The molecule has 0 amide bonds. The van der Waals surface area contributed by atoms with Crippen LogP contribution >= 0.6 is 0 Å². The highest BCUT2D eigenvalue weighted by Crippen LogP contribution is 2.36. The van der Waals surface area contributed by atoms with Crippen molar-refractivity contribution < 1.29 is 26.3 Å². The molecule has 0 atom stereocenters. The number of anilines is 2. The molecular weight excluding hydrogens is 410 g/mol. The summed E-state index contributed by atoms with van der Waals surface area (Å²) in [6, 6.07) is 0. The van der Waals surface area contributed by atoms with Crippen LogP contribution in [0.4, 0.5) is 37.7 Å². The van der Waals surface area contributed by atoms with Gasteiger partial charge in [0.1, 0.15) is 33.4 Å². The van der Waals surface area contributed by atoms with Gasteiger partial charge >= 0.3 is 0 Å². The van der Waals surface area contributed by atoms with Crippen molar-refractivity contribution in [2.24, 2.45) is 0 Å². The third-order valence-corrected chi connectivity index (χ3v) is 5.10. The molecule has 0 spiro atoms. The zero-order valence-corrected chi connectivity index (χ0v) is 16.9. The Morgan fingerprint density at radius 2 is 0.733 bits per heavy atom. The summed E-state index contributed by atoms with van der Waals surface area (Å²) in [5.41, 5.74) is -4.81. The van der Waals surface area contributed by atoms with Crippen LogP contribution in [0.5, 0.6) is 0 Å². The average molecular weight is 430 g/mol. The Bertz CT molecular complexity index is 1040. The fraction of sp³-hybridized carbons (Fsp3) is 0.400. The molecule has 4 nitrogen and oxygen atoms in total. The van der Waals surface area contributed by atoms with E-state index in [2.05, 4.69) is 9.97 Å². The first-order valence-electron chi connectivity index (χ1n) is 9.57. The SMILES string of the molecule is CCN(CC)c1c(F)c(F)c2nc3c(F)c(N(CC)CC)c(F)c(F)c3nc2c1F. The molecule has 1 aromatic heterocycles. The first-order valence-corrected chi connectivity index (χ1v) is 9.57. The monoisotopic (exact) mass is 430 g/mol. The van der Waals surface area contributed by atoms with Gasteiger partial charge in [0.2, 0.25) is 0 Å². The molecule has 162 valence electrons. The van der Waals surface area contributed by atoms with Crippen LogP contribution in [0.15, 0.2) is 0 Å². The Morgan fingerprint density at radius 1 is 0.467 bits per heavy atom. The molecule has 0 aliphatic heterocycles. The van der Waals surface area contributed by atoms with E-state index < -0.39 is 68.3 Å². The summed E-state index contributed by atoms with van der Waals surface area (Å²) < 4.78 is 88.8. The number of nitrogens with zero attached hydrogens (tertiary/aromatic N) is 4. The lowest BCUT2D eigenvalue weighted by atomic mass is 10.1. The molecule has 2 aromatic carbocycles. The van der Waals surface area contributed by atoms with E-state index in [0.29, 0.717) is 0 Å². The summed E-state index contributed by atoms with van der Waals surface area (Å²) in [5, 5.41) is 0. The predicted molar refractivity (Wildman–Crippen MR) is 104 cm³/mol. The van der Waals surface area contributed by atoms with Gasteiger partial charge in [-0.15, -0.1) is 0 Å². The van der Waals surface area contributed by atoms with Crippen LogP contribution in [0.3, 0.4) is 0 Å². The number of fused-ring (bicyclic) bond motifs is 2. The molecule has 3 rings (SSSR count). The van der Waals surface area contributed by atoms with E-state index in [-0.39, 0.29) is 26.2 Å². The molecule has 0 bridgehead atoms. The van der Waals surface area contributed by atoms with Crippen LogP contribution in [0.1, 0.15) is 27.7 Å². The van der Waals surface area contributed by atoms with Crippen molar-refractivity contribution in [3.05, 3.63) is 34.9 Å². The van der Waals surface area contributed by atoms with Crippen LogP contribution in [0.25, 0.3) is 22.1 Å². The van der Waals surface area contributed by atoms with Crippen LogP contribution in [0, 0.1) is 34.9 Å². The molecule has 10 heteroatoms. The maximum atomic E-state index is 15.0. The summed E-state index contributed by atoms with van der Waals surface area (Å²) in [5.74, 6) is -8.67. The molecule has 0 fully saturated rings. The second-order valence-corrected chi connectivity index (χ2v) is 6.54. The third-order valence-electron chi connectivity index (χ3n) is 5.10. The van der Waals surface area contributed by atoms with Crippen LogP contribution in [0.2, 0.25) is 0 Å². The van der Waals surface area contributed by atoms with Gasteiger partial charge in [-0.2, -0.15) is 0 Å². The van der Waals surface area contributed by atoms with Gasteiger partial charge in [0.05, 0.1) is 0 Å². The number of hydrogen-bond donors (Lipinski definition) is 0. The normalized spacial score (nSPS) is 11.5. The molecule has 0 unspecified atom stereocenters. The summed E-state index contributed by atoms with van der Waals surface area (Å²) in [6.45, 7) is 7.04. The Balaban J connectivity index is 2.48. The highest BCUT2D eigenvalue weighted by atomic mass is 19.2. The van der Waals surface area contributed by atoms with Gasteiger partial charge in [-0.3, -0.25) is 0 Å². The topological polar surface area (TPSA) is 32.3 Å². The van der Waals surface area contributed by atoms with Gasteiger partial charge < -0.3 is 9.80 Å². The van der Waals surface area contributed by atoms with Crippen LogP contribution in [-0.4, -0.2) is 36.1 Å². The molecule has 0 aliphatic rings. The van der Waals surface area contributed by atoms with E-state index in [1.54, 1.807) is 27.7 Å². The van der Waals surface area contributed by atoms with E-state index in [0.717, 1.165) is 0 Å².